The third-order valence-corrected chi connectivity index (χ3v) is 9.22. The van der Waals surface area contributed by atoms with Gasteiger partial charge < -0.3 is 26.0 Å². The minimum atomic E-state index is -3.86. The molecule has 4 amide bonds. The summed E-state index contributed by atoms with van der Waals surface area (Å²) in [6.45, 7) is 0.396. The first-order chi connectivity index (χ1) is 23.0. The summed E-state index contributed by atoms with van der Waals surface area (Å²) in [5, 5.41) is 10.3. The van der Waals surface area contributed by atoms with Crippen molar-refractivity contribution in [3.05, 3.63) is 71.5 Å². The van der Waals surface area contributed by atoms with Gasteiger partial charge in [0.1, 0.15) is 11.9 Å². The van der Waals surface area contributed by atoms with Gasteiger partial charge in [0, 0.05) is 24.1 Å². The lowest BCUT2D eigenvalue weighted by Crippen LogP contribution is -2.55. The zero-order chi connectivity index (χ0) is 34.3. The van der Waals surface area contributed by atoms with Crippen LogP contribution in [0.3, 0.4) is 0 Å². The highest BCUT2D eigenvalue weighted by molar-refractivity contribution is 6.38. The van der Waals surface area contributed by atoms with Gasteiger partial charge in [0.2, 0.25) is 17.6 Å². The number of benzene rings is 2. The Bertz CT molecular complexity index is 1480. The van der Waals surface area contributed by atoms with E-state index < -0.39 is 65.1 Å². The van der Waals surface area contributed by atoms with Crippen molar-refractivity contribution in [1.82, 2.24) is 21.3 Å². The number of halogens is 3. The van der Waals surface area contributed by atoms with E-state index in [0.29, 0.717) is 19.0 Å². The molecule has 258 valence electrons. The Hall–Kier alpha value is -4.42. The van der Waals surface area contributed by atoms with Crippen molar-refractivity contribution >= 4 is 29.6 Å². The van der Waals surface area contributed by atoms with Gasteiger partial charge in [-0.25, -0.2) is 9.18 Å². The van der Waals surface area contributed by atoms with E-state index in [0.717, 1.165) is 63.1 Å². The molecule has 0 aromatic heterocycles. The minimum Gasteiger partial charge on any atom is -0.434 e. The summed E-state index contributed by atoms with van der Waals surface area (Å²) >= 11 is 0. The third-order valence-electron chi connectivity index (χ3n) is 9.22. The summed E-state index contributed by atoms with van der Waals surface area (Å²) in [5.74, 6) is -8.23. The number of rotatable bonds is 14. The molecule has 10 nitrogen and oxygen atoms in total. The maximum atomic E-state index is 15.9. The molecule has 1 saturated heterocycles. The van der Waals surface area contributed by atoms with Crippen molar-refractivity contribution in [1.29, 1.82) is 0 Å². The fourth-order valence-electron chi connectivity index (χ4n) is 6.40. The SMILES string of the molecule is O=C(N[C@@H](CC1CCCCC1)C(=O)N[C@@H](C[C@@H]1CCNC1=O)C(=O)C(=O)NC1CC1)O[C@@H](c1ccccc1)C(F)(F)c1cccc(F)c1. The van der Waals surface area contributed by atoms with Crippen molar-refractivity contribution in [2.45, 2.75) is 94.4 Å². The molecular formula is C35H41F3N4O6. The smallest absolute Gasteiger partial charge is 0.408 e. The molecule has 1 heterocycles. The molecule has 2 saturated carbocycles. The Morgan fingerprint density at radius 2 is 1.60 bits per heavy atom. The topological polar surface area (TPSA) is 143 Å². The van der Waals surface area contributed by atoms with Gasteiger partial charge in [0.15, 0.2) is 6.10 Å². The summed E-state index contributed by atoms with van der Waals surface area (Å²) in [6, 6.07) is 8.34. The summed E-state index contributed by atoms with van der Waals surface area (Å²) in [7, 11) is 0. The second kappa shape index (κ2) is 15.7. The number of hydrogen-bond acceptors (Lipinski definition) is 6. The van der Waals surface area contributed by atoms with Crippen LogP contribution >= 0.6 is 0 Å². The molecule has 4 N–H and O–H groups in total. The van der Waals surface area contributed by atoms with Crippen LogP contribution in [0.15, 0.2) is 54.6 Å². The van der Waals surface area contributed by atoms with Crippen molar-refractivity contribution in [2.75, 3.05) is 6.54 Å². The molecule has 3 aliphatic rings. The lowest BCUT2D eigenvalue weighted by Gasteiger charge is -2.30. The molecule has 1 aliphatic heterocycles. The predicted molar refractivity (Wildman–Crippen MR) is 168 cm³/mol. The average molecular weight is 671 g/mol. The number of carbonyl (C=O) groups is 5. The van der Waals surface area contributed by atoms with E-state index in [1.807, 2.05) is 0 Å². The highest BCUT2D eigenvalue weighted by Gasteiger charge is 2.46. The molecule has 0 unspecified atom stereocenters. The van der Waals surface area contributed by atoms with Crippen molar-refractivity contribution in [2.24, 2.45) is 11.8 Å². The fraction of sp³-hybridized carbons (Fsp3) is 0.514. The standard InChI is InChI=1S/C35H41F3N4O6/c36-25-13-7-12-24(20-25)35(37,38)30(22-10-5-2-6-11-22)48-34(47)42-28(18-21-8-3-1-4-9-21)32(45)41-27(19-23-16-17-39-31(23)44)29(43)33(46)40-26-14-15-26/h2,5-7,10-13,20-21,23,26-28,30H,1,3-4,8-9,14-19H2,(H,39,44)(H,40,46)(H,41,45)(H,42,47)/t23-,27-,28-,30-/m0/s1. The van der Waals surface area contributed by atoms with Crippen LogP contribution in [-0.2, 0) is 29.8 Å². The number of alkyl carbamates (subject to hydrolysis) is 1. The molecule has 5 rings (SSSR count). The summed E-state index contributed by atoms with van der Waals surface area (Å²) in [6.07, 6.45) is 2.81. The molecule has 2 aromatic carbocycles. The molecule has 0 spiro atoms. The first kappa shape index (κ1) is 34.9. The number of ketones is 1. The predicted octanol–water partition coefficient (Wildman–Crippen LogP) is 4.58. The Kier molecular flexibility index (Phi) is 11.4. The first-order valence-electron chi connectivity index (χ1n) is 16.6. The van der Waals surface area contributed by atoms with E-state index in [2.05, 4.69) is 21.3 Å². The maximum Gasteiger partial charge on any atom is 0.408 e. The highest BCUT2D eigenvalue weighted by Crippen LogP contribution is 2.43. The van der Waals surface area contributed by atoms with E-state index in [4.69, 9.17) is 4.74 Å². The van der Waals surface area contributed by atoms with Gasteiger partial charge in [-0.05, 0) is 55.7 Å². The van der Waals surface area contributed by atoms with Gasteiger partial charge in [-0.3, -0.25) is 19.2 Å². The van der Waals surface area contributed by atoms with E-state index in [9.17, 15) is 28.4 Å². The van der Waals surface area contributed by atoms with Gasteiger partial charge in [-0.2, -0.15) is 8.78 Å². The molecule has 2 aliphatic carbocycles. The largest absolute Gasteiger partial charge is 0.434 e. The number of hydrogen-bond donors (Lipinski definition) is 4. The van der Waals surface area contributed by atoms with Crippen molar-refractivity contribution in [3.63, 3.8) is 0 Å². The molecule has 0 radical (unpaired) electrons. The van der Waals surface area contributed by atoms with E-state index in [-0.39, 0.29) is 36.3 Å². The molecule has 0 bridgehead atoms. The van der Waals surface area contributed by atoms with E-state index in [1.165, 1.54) is 24.3 Å². The van der Waals surface area contributed by atoms with E-state index >= 15 is 8.78 Å². The number of amides is 4. The molecule has 13 heteroatoms. The van der Waals surface area contributed by atoms with Crippen molar-refractivity contribution < 1.29 is 41.9 Å². The average Bonchev–Trinajstić information content (AvgIpc) is 3.81. The van der Waals surface area contributed by atoms with Crippen LogP contribution < -0.4 is 21.3 Å². The fourth-order valence-corrected chi connectivity index (χ4v) is 6.40. The third kappa shape index (κ3) is 9.13. The highest BCUT2D eigenvalue weighted by atomic mass is 19.3. The van der Waals surface area contributed by atoms with Crippen LogP contribution in [0.4, 0.5) is 18.0 Å². The minimum absolute atomic E-state index is 0.0152. The zero-order valence-electron chi connectivity index (χ0n) is 26.5. The van der Waals surface area contributed by atoms with Gasteiger partial charge in [-0.15, -0.1) is 0 Å². The number of ether oxygens (including phenoxy) is 1. The lowest BCUT2D eigenvalue weighted by molar-refractivity contribution is -0.141. The molecular weight excluding hydrogens is 629 g/mol. The quantitative estimate of drug-likeness (QED) is 0.217. The number of Topliss-reactive ketones (excluding diaryl/α,β-unsaturated/α-hetero) is 1. The number of nitrogens with one attached hydrogen (secondary N) is 4. The van der Waals surface area contributed by atoms with Gasteiger partial charge in [-0.1, -0.05) is 74.6 Å². The molecule has 48 heavy (non-hydrogen) atoms. The molecule has 4 atom stereocenters. The van der Waals surface area contributed by atoms with Gasteiger partial charge >= 0.3 is 12.0 Å². The monoisotopic (exact) mass is 670 g/mol. The Balaban J connectivity index is 1.36. The molecule has 2 aromatic rings. The normalized spacial score (nSPS) is 20.1. The number of alkyl halides is 2. The summed E-state index contributed by atoms with van der Waals surface area (Å²) in [4.78, 5) is 65.6. The maximum absolute atomic E-state index is 15.9. The van der Waals surface area contributed by atoms with Crippen LogP contribution in [-0.4, -0.2) is 54.3 Å². The van der Waals surface area contributed by atoms with Gasteiger partial charge in [0.05, 0.1) is 6.04 Å². The summed E-state index contributed by atoms with van der Waals surface area (Å²) in [5.41, 5.74) is -0.764. The lowest BCUT2D eigenvalue weighted by atomic mass is 9.84. The first-order valence-corrected chi connectivity index (χ1v) is 16.6. The van der Waals surface area contributed by atoms with Crippen LogP contribution in [0, 0.1) is 17.7 Å². The second-order valence-electron chi connectivity index (χ2n) is 13.0. The van der Waals surface area contributed by atoms with Crippen molar-refractivity contribution in [3.8, 4) is 0 Å². The van der Waals surface area contributed by atoms with Crippen LogP contribution in [0.2, 0.25) is 0 Å². The number of carbonyl (C=O) groups excluding carboxylic acids is 5. The second-order valence-corrected chi connectivity index (χ2v) is 13.0. The Labute approximate surface area is 276 Å². The Morgan fingerprint density at radius 3 is 2.25 bits per heavy atom. The summed E-state index contributed by atoms with van der Waals surface area (Å²) < 4.78 is 51.1. The van der Waals surface area contributed by atoms with Crippen LogP contribution in [0.25, 0.3) is 0 Å². The zero-order valence-corrected chi connectivity index (χ0v) is 26.5. The Morgan fingerprint density at radius 1 is 0.875 bits per heavy atom. The molecule has 3 fully saturated rings. The van der Waals surface area contributed by atoms with E-state index in [1.54, 1.807) is 6.07 Å². The van der Waals surface area contributed by atoms with Gasteiger partial charge in [0.25, 0.3) is 5.91 Å². The van der Waals surface area contributed by atoms with Crippen LogP contribution in [0.1, 0.15) is 81.4 Å². The van der Waals surface area contributed by atoms with Crippen LogP contribution in [0.5, 0.6) is 0 Å².